The number of nitrogens with two attached hydrogens (primary N) is 3. The van der Waals surface area contributed by atoms with Crippen LogP contribution in [0.15, 0.2) is 24.3 Å². The zero-order chi connectivity index (χ0) is 26.5. The van der Waals surface area contributed by atoms with E-state index in [1.807, 2.05) is 0 Å². The maximum Gasteiger partial charge on any atom is 0.326 e. The van der Waals surface area contributed by atoms with E-state index in [-0.39, 0.29) is 18.6 Å². The molecule has 0 aliphatic carbocycles. The fraction of sp³-hybridized carbons (Fsp3) is 0.500. The fourth-order valence-corrected chi connectivity index (χ4v) is 3.09. The molecule has 0 bridgehead atoms. The van der Waals surface area contributed by atoms with Crippen LogP contribution in [-0.2, 0) is 30.4 Å². The van der Waals surface area contributed by atoms with E-state index in [1.165, 1.54) is 31.2 Å². The van der Waals surface area contributed by atoms with E-state index in [0.29, 0.717) is 24.9 Å². The molecule has 0 spiro atoms. The van der Waals surface area contributed by atoms with Crippen LogP contribution < -0.4 is 33.2 Å². The van der Waals surface area contributed by atoms with E-state index in [0.717, 1.165) is 0 Å². The van der Waals surface area contributed by atoms with Gasteiger partial charge in [0, 0.05) is 6.42 Å². The van der Waals surface area contributed by atoms with Crippen LogP contribution in [0, 0.1) is 0 Å². The fourth-order valence-electron chi connectivity index (χ4n) is 3.09. The third-order valence-electron chi connectivity index (χ3n) is 5.02. The average molecular weight is 495 g/mol. The van der Waals surface area contributed by atoms with Gasteiger partial charge >= 0.3 is 5.97 Å². The minimum Gasteiger partial charge on any atom is -0.508 e. The van der Waals surface area contributed by atoms with E-state index < -0.39 is 60.2 Å². The number of hydrogen-bond donors (Lipinski definition) is 8. The van der Waals surface area contributed by atoms with Crippen molar-refractivity contribution < 1.29 is 34.2 Å². The van der Waals surface area contributed by atoms with E-state index in [9.17, 15) is 34.2 Å². The Morgan fingerprint density at radius 1 is 0.886 bits per heavy atom. The first-order valence-corrected chi connectivity index (χ1v) is 11.1. The molecule has 0 aromatic heterocycles. The lowest BCUT2D eigenvalue weighted by Gasteiger charge is -2.24. The largest absolute Gasteiger partial charge is 0.508 e. The normalized spacial score (nSPS) is 14.1. The highest BCUT2D eigenvalue weighted by atomic mass is 16.4. The summed E-state index contributed by atoms with van der Waals surface area (Å²) in [7, 11) is 0. The van der Waals surface area contributed by atoms with E-state index in [4.69, 9.17) is 17.2 Å². The zero-order valence-electron chi connectivity index (χ0n) is 19.5. The highest BCUT2D eigenvalue weighted by molar-refractivity contribution is 5.96. The number of benzene rings is 1. The number of carboxylic acid groups (broad SMARTS) is 1. The van der Waals surface area contributed by atoms with Gasteiger partial charge in [0.05, 0.1) is 12.5 Å². The standard InChI is InChI=1S/C22H34N6O7/c1-12(24)19(31)27-16(11-18(25)30)21(33)26-15(4-2-3-9-23)20(32)28-17(22(34)35)10-13-5-7-14(29)8-6-13/h5-8,12,15-17,29H,2-4,9-11,23-24H2,1H3,(H2,25,30)(H,26,33)(H,27,31)(H,28,32)(H,34,35). The molecule has 4 amide bonds. The lowest BCUT2D eigenvalue weighted by atomic mass is 10.0. The maximum atomic E-state index is 12.9. The molecule has 13 heteroatoms. The molecular formula is C22H34N6O7. The van der Waals surface area contributed by atoms with Crippen molar-refractivity contribution in [3.05, 3.63) is 29.8 Å². The monoisotopic (exact) mass is 494 g/mol. The Morgan fingerprint density at radius 2 is 1.43 bits per heavy atom. The second-order valence-electron chi connectivity index (χ2n) is 8.14. The van der Waals surface area contributed by atoms with Crippen molar-refractivity contribution in [3.63, 3.8) is 0 Å². The molecule has 13 nitrogen and oxygen atoms in total. The number of carbonyl (C=O) groups excluding carboxylic acids is 4. The van der Waals surface area contributed by atoms with Crippen LogP contribution in [-0.4, -0.2) is 70.5 Å². The maximum absolute atomic E-state index is 12.9. The number of phenols is 1. The molecule has 1 aromatic carbocycles. The van der Waals surface area contributed by atoms with Gasteiger partial charge in [0.2, 0.25) is 23.6 Å². The van der Waals surface area contributed by atoms with E-state index >= 15 is 0 Å². The molecular weight excluding hydrogens is 460 g/mol. The summed E-state index contributed by atoms with van der Waals surface area (Å²) in [6.45, 7) is 1.73. The third-order valence-corrected chi connectivity index (χ3v) is 5.02. The zero-order valence-corrected chi connectivity index (χ0v) is 19.5. The van der Waals surface area contributed by atoms with Gasteiger partial charge in [0.1, 0.15) is 23.9 Å². The predicted molar refractivity (Wildman–Crippen MR) is 126 cm³/mol. The summed E-state index contributed by atoms with van der Waals surface area (Å²) in [4.78, 5) is 60.8. The van der Waals surface area contributed by atoms with Crippen LogP contribution in [0.1, 0.15) is 38.2 Å². The third kappa shape index (κ3) is 10.8. The average Bonchev–Trinajstić information content (AvgIpc) is 2.78. The molecule has 0 saturated carbocycles. The van der Waals surface area contributed by atoms with Crippen LogP contribution in [0.4, 0.5) is 0 Å². The van der Waals surface area contributed by atoms with E-state index in [2.05, 4.69) is 16.0 Å². The van der Waals surface area contributed by atoms with Gasteiger partial charge in [-0.25, -0.2) is 4.79 Å². The van der Waals surface area contributed by atoms with Crippen LogP contribution in [0.2, 0.25) is 0 Å². The summed E-state index contributed by atoms with van der Waals surface area (Å²) in [6.07, 6.45) is 0.517. The predicted octanol–water partition coefficient (Wildman–Crippen LogP) is -2.17. The molecule has 0 fully saturated rings. The molecule has 0 saturated heterocycles. The Morgan fingerprint density at radius 3 is 1.94 bits per heavy atom. The van der Waals surface area contributed by atoms with E-state index in [1.54, 1.807) is 0 Å². The Kier molecular flexibility index (Phi) is 12.2. The summed E-state index contributed by atoms with van der Waals surface area (Å²) in [5.74, 6) is -4.47. The molecule has 0 aliphatic heterocycles. The first-order valence-electron chi connectivity index (χ1n) is 11.1. The number of unbranched alkanes of at least 4 members (excludes halogenated alkanes) is 1. The van der Waals surface area contributed by atoms with Gasteiger partial charge in [-0.3, -0.25) is 19.2 Å². The number of aliphatic carboxylic acids is 1. The Balaban J connectivity index is 3.01. The summed E-state index contributed by atoms with van der Waals surface area (Å²) in [5, 5.41) is 26.1. The SMILES string of the molecule is CC(N)C(=O)NC(CC(N)=O)C(=O)NC(CCCCN)C(=O)NC(Cc1ccc(O)cc1)C(=O)O. The summed E-state index contributed by atoms with van der Waals surface area (Å²) in [6, 6.07) is 1.00. The number of primary amides is 1. The minimum atomic E-state index is -1.37. The number of amides is 4. The van der Waals surface area contributed by atoms with Gasteiger partial charge in [0.15, 0.2) is 0 Å². The van der Waals surface area contributed by atoms with Crippen LogP contribution >= 0.6 is 0 Å². The molecule has 4 atom stereocenters. The van der Waals surface area contributed by atoms with Crippen LogP contribution in [0.5, 0.6) is 5.75 Å². The smallest absolute Gasteiger partial charge is 0.326 e. The minimum absolute atomic E-state index is 0.00831. The number of phenolic OH excluding ortho intramolecular Hbond substituents is 1. The van der Waals surface area contributed by atoms with Gasteiger partial charge in [-0.15, -0.1) is 0 Å². The highest BCUT2D eigenvalue weighted by Crippen LogP contribution is 2.12. The van der Waals surface area contributed by atoms with Crippen molar-refractivity contribution in [2.75, 3.05) is 6.54 Å². The second-order valence-corrected chi connectivity index (χ2v) is 8.14. The van der Waals surface area contributed by atoms with Gasteiger partial charge in [-0.1, -0.05) is 12.1 Å². The van der Waals surface area contributed by atoms with Crippen molar-refractivity contribution in [3.8, 4) is 5.75 Å². The first kappa shape index (κ1) is 29.3. The van der Waals surface area contributed by atoms with Crippen molar-refractivity contribution in [1.82, 2.24) is 16.0 Å². The number of carboxylic acids is 1. The number of carbonyl (C=O) groups is 5. The molecule has 1 rings (SSSR count). The summed E-state index contributed by atoms with van der Waals surface area (Å²) in [5.41, 5.74) is 16.7. The molecule has 0 heterocycles. The Hall–Kier alpha value is -3.71. The van der Waals surface area contributed by atoms with Gasteiger partial charge in [-0.05, 0) is 50.4 Å². The van der Waals surface area contributed by atoms with Crippen molar-refractivity contribution in [2.45, 2.75) is 63.2 Å². The second kappa shape index (κ2) is 14.5. The number of rotatable bonds is 15. The van der Waals surface area contributed by atoms with Crippen LogP contribution in [0.3, 0.4) is 0 Å². The quantitative estimate of drug-likeness (QED) is 0.123. The molecule has 194 valence electrons. The molecule has 11 N–H and O–H groups in total. The Labute approximate surface area is 202 Å². The van der Waals surface area contributed by atoms with Crippen molar-refractivity contribution in [2.24, 2.45) is 17.2 Å². The summed E-state index contributed by atoms with van der Waals surface area (Å²) < 4.78 is 0. The number of hydrogen-bond acceptors (Lipinski definition) is 8. The molecule has 0 aliphatic rings. The molecule has 35 heavy (non-hydrogen) atoms. The highest BCUT2D eigenvalue weighted by Gasteiger charge is 2.30. The Bertz CT molecular complexity index is 891. The number of aromatic hydroxyl groups is 1. The molecule has 0 radical (unpaired) electrons. The topological polar surface area (TPSA) is 240 Å². The first-order chi connectivity index (χ1) is 16.4. The summed E-state index contributed by atoms with van der Waals surface area (Å²) >= 11 is 0. The lowest BCUT2D eigenvalue weighted by Crippen LogP contribution is -2.57. The lowest BCUT2D eigenvalue weighted by molar-refractivity contribution is -0.142. The number of nitrogens with one attached hydrogen (secondary N) is 3. The van der Waals surface area contributed by atoms with Gasteiger partial charge in [-0.2, -0.15) is 0 Å². The van der Waals surface area contributed by atoms with Gasteiger partial charge in [0.25, 0.3) is 0 Å². The van der Waals surface area contributed by atoms with Crippen molar-refractivity contribution >= 4 is 29.6 Å². The van der Waals surface area contributed by atoms with Gasteiger partial charge < -0.3 is 43.4 Å². The molecule has 1 aromatic rings. The molecule has 4 unspecified atom stereocenters. The van der Waals surface area contributed by atoms with Crippen LogP contribution in [0.25, 0.3) is 0 Å². The van der Waals surface area contributed by atoms with Crippen molar-refractivity contribution in [1.29, 1.82) is 0 Å².